The van der Waals surface area contributed by atoms with Gasteiger partial charge in [0.15, 0.2) is 6.61 Å². The Kier molecular flexibility index (Phi) is 3.88. The van der Waals surface area contributed by atoms with E-state index in [1.54, 1.807) is 4.90 Å². The highest BCUT2D eigenvalue weighted by Gasteiger charge is 2.26. The fourth-order valence-corrected chi connectivity index (χ4v) is 2.60. The fraction of sp³-hybridized carbons (Fsp3) is 0.235. The van der Waals surface area contributed by atoms with Crippen molar-refractivity contribution >= 4 is 11.6 Å². The molecule has 0 saturated heterocycles. The van der Waals surface area contributed by atoms with Crippen LogP contribution in [0.4, 0.5) is 5.69 Å². The number of nitrogens with zero attached hydrogens (tertiary/aromatic N) is 1. The van der Waals surface area contributed by atoms with Gasteiger partial charge in [0.2, 0.25) is 0 Å². The van der Waals surface area contributed by atoms with E-state index in [9.17, 15) is 4.79 Å². The molecule has 21 heavy (non-hydrogen) atoms. The lowest BCUT2D eigenvalue weighted by molar-refractivity contribution is -0.120. The minimum Gasteiger partial charge on any atom is -0.484 e. The summed E-state index contributed by atoms with van der Waals surface area (Å²) in [5.41, 5.74) is 8.11. The first kappa shape index (κ1) is 13.6. The van der Waals surface area contributed by atoms with Crippen LogP contribution in [0.3, 0.4) is 0 Å². The zero-order valence-electron chi connectivity index (χ0n) is 11.7. The Labute approximate surface area is 124 Å². The van der Waals surface area contributed by atoms with Crippen LogP contribution in [-0.2, 0) is 11.2 Å². The highest BCUT2D eigenvalue weighted by atomic mass is 16.5. The standard InChI is InChI=1S/C17H18N2O2/c18-14-10-13-6-4-5-9-16(13)19(11-14)17(20)12-21-15-7-2-1-3-8-15/h1-9,14H,10-12,18H2. The molecule has 0 aliphatic carbocycles. The molecule has 1 amide bonds. The second-order valence-corrected chi connectivity index (χ2v) is 5.20. The van der Waals surface area contributed by atoms with Gasteiger partial charge in [-0.3, -0.25) is 4.79 Å². The molecule has 3 rings (SSSR count). The first-order valence-corrected chi connectivity index (χ1v) is 7.06. The van der Waals surface area contributed by atoms with Crippen LogP contribution >= 0.6 is 0 Å². The predicted molar refractivity (Wildman–Crippen MR) is 82.4 cm³/mol. The maximum atomic E-state index is 12.4. The van der Waals surface area contributed by atoms with Crippen molar-refractivity contribution in [2.75, 3.05) is 18.1 Å². The molecule has 0 aromatic heterocycles. The van der Waals surface area contributed by atoms with Crippen LogP contribution in [-0.4, -0.2) is 25.1 Å². The van der Waals surface area contributed by atoms with Crippen molar-refractivity contribution in [1.82, 2.24) is 0 Å². The molecule has 2 aromatic carbocycles. The van der Waals surface area contributed by atoms with E-state index in [-0.39, 0.29) is 18.6 Å². The summed E-state index contributed by atoms with van der Waals surface area (Å²) < 4.78 is 5.54. The first-order valence-electron chi connectivity index (χ1n) is 7.06. The number of hydrogen-bond donors (Lipinski definition) is 1. The van der Waals surface area contributed by atoms with Crippen molar-refractivity contribution in [3.05, 3.63) is 60.2 Å². The number of fused-ring (bicyclic) bond motifs is 1. The molecular weight excluding hydrogens is 264 g/mol. The third kappa shape index (κ3) is 3.06. The van der Waals surface area contributed by atoms with Crippen LogP contribution in [0.15, 0.2) is 54.6 Å². The van der Waals surface area contributed by atoms with Gasteiger partial charge < -0.3 is 15.4 Å². The van der Waals surface area contributed by atoms with Crippen LogP contribution in [0.25, 0.3) is 0 Å². The Morgan fingerprint density at radius 3 is 2.67 bits per heavy atom. The summed E-state index contributed by atoms with van der Waals surface area (Å²) in [6.45, 7) is 0.555. The van der Waals surface area contributed by atoms with E-state index < -0.39 is 0 Å². The Balaban J connectivity index is 1.73. The predicted octanol–water partition coefficient (Wildman–Crippen LogP) is 1.98. The molecule has 0 radical (unpaired) electrons. The molecule has 108 valence electrons. The Hall–Kier alpha value is -2.33. The number of hydrogen-bond acceptors (Lipinski definition) is 3. The van der Waals surface area contributed by atoms with Crippen LogP contribution in [0.2, 0.25) is 0 Å². The van der Waals surface area contributed by atoms with Gasteiger partial charge in [0, 0.05) is 18.3 Å². The molecule has 0 saturated carbocycles. The van der Waals surface area contributed by atoms with E-state index in [1.165, 1.54) is 0 Å². The van der Waals surface area contributed by atoms with Crippen molar-refractivity contribution in [2.24, 2.45) is 5.73 Å². The second-order valence-electron chi connectivity index (χ2n) is 5.20. The van der Waals surface area contributed by atoms with Crippen LogP contribution in [0, 0.1) is 0 Å². The van der Waals surface area contributed by atoms with Crippen LogP contribution < -0.4 is 15.4 Å². The van der Waals surface area contributed by atoms with Crippen molar-refractivity contribution in [2.45, 2.75) is 12.5 Å². The van der Waals surface area contributed by atoms with Gasteiger partial charge in [-0.15, -0.1) is 0 Å². The molecule has 1 unspecified atom stereocenters. The van der Waals surface area contributed by atoms with Gasteiger partial charge in [0.25, 0.3) is 5.91 Å². The summed E-state index contributed by atoms with van der Waals surface area (Å²) in [7, 11) is 0. The first-order chi connectivity index (χ1) is 10.2. The molecule has 2 N–H and O–H groups in total. The number of para-hydroxylation sites is 2. The summed E-state index contributed by atoms with van der Waals surface area (Å²) in [6.07, 6.45) is 0.805. The fourth-order valence-electron chi connectivity index (χ4n) is 2.60. The molecular formula is C17H18N2O2. The van der Waals surface area contributed by atoms with Crippen molar-refractivity contribution in [1.29, 1.82) is 0 Å². The number of carbonyl (C=O) groups excluding carboxylic acids is 1. The van der Waals surface area contributed by atoms with Gasteiger partial charge in [0.05, 0.1) is 0 Å². The molecule has 2 aromatic rings. The molecule has 1 aliphatic rings. The lowest BCUT2D eigenvalue weighted by atomic mass is 9.98. The molecule has 0 fully saturated rings. The topological polar surface area (TPSA) is 55.6 Å². The summed E-state index contributed by atoms with van der Waals surface area (Å²) in [5.74, 6) is 0.627. The maximum Gasteiger partial charge on any atom is 0.264 e. The molecule has 1 aliphatic heterocycles. The van der Waals surface area contributed by atoms with E-state index >= 15 is 0 Å². The quantitative estimate of drug-likeness (QED) is 0.936. The van der Waals surface area contributed by atoms with Gasteiger partial charge in [-0.05, 0) is 30.2 Å². The Bertz CT molecular complexity index is 628. The number of anilines is 1. The highest BCUT2D eigenvalue weighted by Crippen LogP contribution is 2.26. The molecule has 0 bridgehead atoms. The summed E-state index contributed by atoms with van der Waals surface area (Å²) in [5, 5.41) is 0. The van der Waals surface area contributed by atoms with Gasteiger partial charge in [-0.1, -0.05) is 36.4 Å². The molecule has 4 nitrogen and oxygen atoms in total. The Morgan fingerprint density at radius 1 is 1.14 bits per heavy atom. The van der Waals surface area contributed by atoms with E-state index in [1.807, 2.05) is 54.6 Å². The maximum absolute atomic E-state index is 12.4. The monoisotopic (exact) mass is 282 g/mol. The third-order valence-corrected chi connectivity index (χ3v) is 3.59. The van der Waals surface area contributed by atoms with Crippen molar-refractivity contribution in [3.63, 3.8) is 0 Å². The minimum absolute atomic E-state index is 0.0189. The number of carbonyl (C=O) groups is 1. The smallest absolute Gasteiger partial charge is 0.264 e. The zero-order chi connectivity index (χ0) is 14.7. The number of rotatable bonds is 3. The molecule has 1 atom stereocenters. The average Bonchev–Trinajstić information content (AvgIpc) is 2.52. The van der Waals surface area contributed by atoms with E-state index in [4.69, 9.17) is 10.5 Å². The SMILES string of the molecule is NC1Cc2ccccc2N(C(=O)COc2ccccc2)C1. The van der Waals surface area contributed by atoms with E-state index in [2.05, 4.69) is 0 Å². The molecule has 1 heterocycles. The molecule has 0 spiro atoms. The lowest BCUT2D eigenvalue weighted by Crippen LogP contribution is -2.47. The number of ether oxygens (including phenoxy) is 1. The summed E-state index contributed by atoms with van der Waals surface area (Å²) >= 11 is 0. The van der Waals surface area contributed by atoms with Crippen LogP contribution in [0.5, 0.6) is 5.75 Å². The van der Waals surface area contributed by atoms with Gasteiger partial charge in [0.1, 0.15) is 5.75 Å². The third-order valence-electron chi connectivity index (χ3n) is 3.59. The van der Waals surface area contributed by atoms with Crippen molar-refractivity contribution in [3.8, 4) is 5.75 Å². The average molecular weight is 282 g/mol. The Morgan fingerprint density at radius 2 is 1.86 bits per heavy atom. The number of benzene rings is 2. The zero-order valence-corrected chi connectivity index (χ0v) is 11.7. The van der Waals surface area contributed by atoms with Gasteiger partial charge in [-0.2, -0.15) is 0 Å². The second kappa shape index (κ2) is 5.97. The summed E-state index contributed by atoms with van der Waals surface area (Å²) in [4.78, 5) is 14.2. The van der Waals surface area contributed by atoms with Crippen molar-refractivity contribution < 1.29 is 9.53 Å². The van der Waals surface area contributed by atoms with E-state index in [0.717, 1.165) is 17.7 Å². The van der Waals surface area contributed by atoms with Gasteiger partial charge >= 0.3 is 0 Å². The van der Waals surface area contributed by atoms with E-state index in [0.29, 0.717) is 12.3 Å². The van der Waals surface area contributed by atoms with Gasteiger partial charge in [-0.25, -0.2) is 0 Å². The largest absolute Gasteiger partial charge is 0.484 e. The number of nitrogens with two attached hydrogens (primary N) is 1. The summed E-state index contributed by atoms with van der Waals surface area (Å²) in [6, 6.07) is 17.2. The van der Waals surface area contributed by atoms with Crippen LogP contribution in [0.1, 0.15) is 5.56 Å². The molecule has 4 heteroatoms. The number of amides is 1. The highest BCUT2D eigenvalue weighted by molar-refractivity contribution is 5.95. The minimum atomic E-state index is -0.0681. The normalized spacial score (nSPS) is 17.2. The lowest BCUT2D eigenvalue weighted by Gasteiger charge is -2.32.